The first-order valence-electron chi connectivity index (χ1n) is 5.88. The number of aliphatic hydroxyl groups is 4. The fourth-order valence-corrected chi connectivity index (χ4v) is 0. The molecule has 0 saturated carbocycles. The Labute approximate surface area is 162 Å². The number of hydrogen-bond donors (Lipinski definition) is 4. The van der Waals surface area contributed by atoms with Crippen molar-refractivity contribution in [3.05, 3.63) is 6.57 Å². The molecule has 4 N–H and O–H groups in total. The van der Waals surface area contributed by atoms with E-state index in [0.29, 0.717) is 0 Å². The van der Waals surface area contributed by atoms with E-state index >= 15 is 0 Å². The van der Waals surface area contributed by atoms with Gasteiger partial charge in [-0.2, -0.15) is 0 Å². The van der Waals surface area contributed by atoms with E-state index in [1.54, 1.807) is 55.4 Å². The van der Waals surface area contributed by atoms with Gasteiger partial charge in [0.05, 0.1) is 0 Å². The van der Waals surface area contributed by atoms with Crippen molar-refractivity contribution < 1.29 is 42.1 Å². The predicted octanol–water partition coefficient (Wildman–Crippen LogP) is 1.26. The largest absolute Gasteiger partial charge is 0.512 e. The van der Waals surface area contributed by atoms with Gasteiger partial charge in [0.25, 0.3) is 0 Å². The molecule has 0 aromatic heterocycles. The molecule has 0 rings (SSSR count). The van der Waals surface area contributed by atoms with E-state index < -0.39 is 0 Å². The van der Waals surface area contributed by atoms with Crippen molar-refractivity contribution in [1.82, 2.24) is 0 Å². The Bertz CT molecular complexity index is 99.8. The Morgan fingerprint density at radius 2 is 0.550 bits per heavy atom. The summed E-state index contributed by atoms with van der Waals surface area (Å²) in [6.45, 7) is 18.5. The summed E-state index contributed by atoms with van der Waals surface area (Å²) in [6, 6.07) is 0. The third kappa shape index (κ3) is 5690. The zero-order chi connectivity index (χ0) is 16.3. The van der Waals surface area contributed by atoms with Crippen LogP contribution in [-0.4, -0.2) is 74.4 Å². The molecule has 5 nitrogen and oxygen atoms in total. The summed E-state index contributed by atoms with van der Waals surface area (Å²) in [7, 11) is 0. The molecule has 0 atom stereocenters. The van der Waals surface area contributed by atoms with Crippen LogP contribution in [0.2, 0.25) is 0 Å². The van der Waals surface area contributed by atoms with Crippen LogP contribution in [0.3, 0.4) is 0 Å². The Hall–Kier alpha value is 1.04. The summed E-state index contributed by atoms with van der Waals surface area (Å²) in [4.78, 5) is 0. The van der Waals surface area contributed by atoms with Crippen LogP contribution >= 0.6 is 0 Å². The van der Waals surface area contributed by atoms with Crippen molar-refractivity contribution in [3.63, 3.8) is 0 Å². The van der Waals surface area contributed by atoms with E-state index in [1.807, 2.05) is 0 Å². The minimum absolute atomic E-state index is 0. The minimum atomic E-state index is -0.167. The first-order chi connectivity index (χ1) is 7.93. The average Bonchev–Trinajstić information content (AvgIpc) is 2.01. The van der Waals surface area contributed by atoms with Gasteiger partial charge in [0, 0.05) is 75.7 Å². The zero-order valence-electron chi connectivity index (χ0n) is 14.5. The quantitative estimate of drug-likeness (QED) is 0.393. The Balaban J connectivity index is -0.0000000209. The van der Waals surface area contributed by atoms with Gasteiger partial charge >= 0.3 is 0 Å². The smallest absolute Gasteiger partial charge is 0.0483 e. The van der Waals surface area contributed by atoms with Crippen molar-refractivity contribution in [1.29, 1.82) is 5.26 Å². The maximum atomic E-state index is 8.06. The molecule has 0 aliphatic carbocycles. The number of nitrogens with zero attached hydrogens (tertiary/aromatic N) is 1. The molecule has 0 fully saturated rings. The SMILES string of the molecule is CC(C)O.CC(C)O.CC(C)O.CC(C)O.[C-]#N.[Na].[Ti]. The van der Waals surface area contributed by atoms with E-state index in [9.17, 15) is 0 Å². The Kier molecular flexibility index (Phi) is 91.6. The Morgan fingerprint density at radius 3 is 0.550 bits per heavy atom. The molecule has 0 bridgehead atoms. The van der Waals surface area contributed by atoms with E-state index in [1.165, 1.54) is 0 Å². The fourth-order valence-electron chi connectivity index (χ4n) is 0. The van der Waals surface area contributed by atoms with Gasteiger partial charge in [-0.15, -0.1) is 0 Å². The third-order valence-electron chi connectivity index (χ3n) is 0. The molecule has 0 heterocycles. The number of hydrogen-bond acceptors (Lipinski definition) is 5. The molecule has 0 aliphatic rings. The van der Waals surface area contributed by atoms with E-state index in [2.05, 4.69) is 0 Å². The molecule has 0 amide bonds. The van der Waals surface area contributed by atoms with Crippen LogP contribution in [0.15, 0.2) is 0 Å². The van der Waals surface area contributed by atoms with Gasteiger partial charge in [0.2, 0.25) is 0 Å². The number of rotatable bonds is 0. The van der Waals surface area contributed by atoms with Gasteiger partial charge in [-0.05, 0) is 55.4 Å². The monoisotopic (exact) mass is 337 g/mol. The molecule has 0 unspecified atom stereocenters. The predicted molar refractivity (Wildman–Crippen MR) is 80.1 cm³/mol. The molecular weight excluding hydrogens is 305 g/mol. The summed E-state index contributed by atoms with van der Waals surface area (Å²) >= 11 is 0. The molecule has 7 heteroatoms. The fraction of sp³-hybridized carbons (Fsp3) is 0.923. The van der Waals surface area contributed by atoms with Gasteiger partial charge in [0.1, 0.15) is 0 Å². The van der Waals surface area contributed by atoms with Crippen LogP contribution < -0.4 is 0 Å². The average molecular weight is 337 g/mol. The van der Waals surface area contributed by atoms with Crippen LogP contribution in [0.1, 0.15) is 55.4 Å². The van der Waals surface area contributed by atoms with Gasteiger partial charge in [0.15, 0.2) is 0 Å². The normalized spacial score (nSPS) is 7.30. The second-order valence-electron chi connectivity index (χ2n) is 4.37. The van der Waals surface area contributed by atoms with E-state index in [4.69, 9.17) is 32.3 Å². The maximum Gasteiger partial charge on any atom is 0.0483 e. The van der Waals surface area contributed by atoms with Gasteiger partial charge < -0.3 is 32.3 Å². The van der Waals surface area contributed by atoms with Crippen molar-refractivity contribution >= 4 is 29.6 Å². The zero-order valence-corrected chi connectivity index (χ0v) is 18.1. The van der Waals surface area contributed by atoms with Crippen LogP contribution in [0.25, 0.3) is 0 Å². The number of aliphatic hydroxyl groups excluding tert-OH is 4. The molecular formula is C13H32NNaO4Ti-. The van der Waals surface area contributed by atoms with Crippen molar-refractivity contribution in [2.45, 2.75) is 79.8 Å². The molecule has 0 aliphatic heterocycles. The Morgan fingerprint density at radius 1 is 0.550 bits per heavy atom. The topological polar surface area (TPSA) is 105 Å². The second-order valence-corrected chi connectivity index (χ2v) is 4.37. The molecule has 119 valence electrons. The van der Waals surface area contributed by atoms with Crippen LogP contribution in [0.5, 0.6) is 0 Å². The maximum absolute atomic E-state index is 8.06. The summed E-state index contributed by atoms with van der Waals surface area (Å²) < 4.78 is 0. The molecule has 0 spiro atoms. The molecule has 0 aromatic rings. The van der Waals surface area contributed by atoms with Crippen LogP contribution in [0.4, 0.5) is 0 Å². The summed E-state index contributed by atoms with van der Waals surface area (Å²) in [5.41, 5.74) is 0. The van der Waals surface area contributed by atoms with Crippen LogP contribution in [0, 0.1) is 11.8 Å². The van der Waals surface area contributed by atoms with Crippen molar-refractivity contribution in [2.24, 2.45) is 0 Å². The van der Waals surface area contributed by atoms with E-state index in [-0.39, 0.29) is 75.7 Å². The van der Waals surface area contributed by atoms with Crippen molar-refractivity contribution in [2.75, 3.05) is 0 Å². The van der Waals surface area contributed by atoms with Crippen molar-refractivity contribution in [3.8, 4) is 0 Å². The molecule has 0 aromatic carbocycles. The van der Waals surface area contributed by atoms with Crippen LogP contribution in [-0.2, 0) is 21.7 Å². The minimum Gasteiger partial charge on any atom is -0.512 e. The summed E-state index contributed by atoms with van der Waals surface area (Å²) in [5.74, 6) is 0. The van der Waals surface area contributed by atoms with Gasteiger partial charge in [-0.1, -0.05) is 0 Å². The first-order valence-corrected chi connectivity index (χ1v) is 5.88. The first kappa shape index (κ1) is 42.9. The second kappa shape index (κ2) is 42.7. The van der Waals surface area contributed by atoms with Gasteiger partial charge in [-0.3, -0.25) is 0 Å². The molecule has 20 heavy (non-hydrogen) atoms. The van der Waals surface area contributed by atoms with Gasteiger partial charge in [-0.25, -0.2) is 0 Å². The molecule has 1 radical (unpaired) electrons. The van der Waals surface area contributed by atoms with E-state index in [0.717, 1.165) is 0 Å². The summed E-state index contributed by atoms with van der Waals surface area (Å²) in [6.07, 6.45) is -0.667. The molecule has 0 saturated heterocycles. The third-order valence-corrected chi connectivity index (χ3v) is 0. The standard InChI is InChI=1S/4C3H8O.CN.Na.Ti/c4*1-3(2)4;1-2;;/h4*3-4H,1-2H3;;;/q;;;;-1;;. The summed E-state index contributed by atoms with van der Waals surface area (Å²) in [5, 5.41) is 38.5.